The fraction of sp³-hybridized carbons (Fsp3) is 0.533. The van der Waals surface area contributed by atoms with Crippen LogP contribution < -0.4 is 4.74 Å². The van der Waals surface area contributed by atoms with Crippen molar-refractivity contribution in [3.05, 3.63) is 28.0 Å². The van der Waals surface area contributed by atoms with Gasteiger partial charge in [0.05, 0.1) is 16.6 Å². The molecule has 0 heterocycles. The van der Waals surface area contributed by atoms with Crippen molar-refractivity contribution in [3.8, 4) is 5.75 Å². The number of hydrogen-bond acceptors (Lipinski definition) is 3. The topological polar surface area (TPSA) is 35.5 Å². The molecular formula is C15H22BrFO3S. The first-order valence-electron chi connectivity index (χ1n) is 6.53. The summed E-state index contributed by atoms with van der Waals surface area (Å²) >= 11 is 3.04. The second-order valence-corrected chi connectivity index (χ2v) is 10.7. The van der Waals surface area contributed by atoms with Crippen LogP contribution in [0.5, 0.6) is 5.75 Å². The highest BCUT2D eigenvalue weighted by Gasteiger charge is 2.28. The van der Waals surface area contributed by atoms with Crippen LogP contribution in [-0.4, -0.2) is 36.8 Å². The van der Waals surface area contributed by atoms with Crippen LogP contribution in [0.25, 0.3) is 0 Å². The number of benzene rings is 1. The quantitative estimate of drug-likeness (QED) is 0.535. The van der Waals surface area contributed by atoms with Gasteiger partial charge in [-0.3, -0.25) is 4.79 Å². The van der Waals surface area contributed by atoms with Crippen molar-refractivity contribution in [2.45, 2.75) is 25.5 Å². The van der Waals surface area contributed by atoms with Gasteiger partial charge in [0, 0.05) is 4.75 Å². The van der Waals surface area contributed by atoms with Crippen LogP contribution in [0.4, 0.5) is 4.39 Å². The molecule has 120 valence electrons. The maximum absolute atomic E-state index is 13.7. The van der Waals surface area contributed by atoms with Crippen molar-refractivity contribution in [1.82, 2.24) is 0 Å². The molecule has 1 aromatic carbocycles. The Labute approximate surface area is 135 Å². The average molecular weight is 381 g/mol. The second-order valence-electron chi connectivity index (χ2n) is 5.91. The van der Waals surface area contributed by atoms with E-state index in [-0.39, 0.29) is 27.1 Å². The first-order valence-corrected chi connectivity index (χ1v) is 9.70. The van der Waals surface area contributed by atoms with E-state index in [1.165, 1.54) is 6.07 Å². The minimum Gasteiger partial charge on any atom is -0.490 e. The molecule has 0 aliphatic carbocycles. The summed E-state index contributed by atoms with van der Waals surface area (Å²) in [7, 11) is -1.21. The van der Waals surface area contributed by atoms with Crippen LogP contribution in [0.15, 0.2) is 16.6 Å². The van der Waals surface area contributed by atoms with Crippen LogP contribution >= 0.6 is 26.2 Å². The Bertz CT molecular complexity index is 512. The van der Waals surface area contributed by atoms with Gasteiger partial charge < -0.3 is 8.92 Å². The molecule has 1 rings (SSSR count). The van der Waals surface area contributed by atoms with Crippen molar-refractivity contribution < 1.29 is 18.1 Å². The van der Waals surface area contributed by atoms with E-state index in [9.17, 15) is 9.18 Å². The molecule has 21 heavy (non-hydrogen) atoms. The van der Waals surface area contributed by atoms with Crippen molar-refractivity contribution in [2.24, 2.45) is 0 Å². The zero-order chi connectivity index (χ0) is 16.3. The van der Waals surface area contributed by atoms with Gasteiger partial charge in [0.2, 0.25) is 0 Å². The summed E-state index contributed by atoms with van der Waals surface area (Å²) in [5.41, 5.74) is -0.0770. The molecule has 6 heteroatoms. The third-order valence-corrected chi connectivity index (χ3v) is 7.72. The number of carbonyl (C=O) groups excluding carboxylic acids is 1. The number of rotatable bonds is 6. The lowest BCUT2D eigenvalue weighted by molar-refractivity contribution is 0.111. The molecule has 0 spiro atoms. The lowest BCUT2D eigenvalue weighted by atomic mass is 10.2. The molecule has 0 saturated carbocycles. The third kappa shape index (κ3) is 4.69. The van der Waals surface area contributed by atoms with Gasteiger partial charge in [-0.1, -0.05) is 20.8 Å². The molecule has 0 saturated heterocycles. The van der Waals surface area contributed by atoms with Crippen LogP contribution in [0, 0.1) is 5.82 Å². The van der Waals surface area contributed by atoms with E-state index in [1.807, 2.05) is 0 Å². The van der Waals surface area contributed by atoms with Crippen LogP contribution in [0.3, 0.4) is 0 Å². The Hall–Kier alpha value is -0.590. The van der Waals surface area contributed by atoms with Crippen molar-refractivity contribution in [3.63, 3.8) is 0 Å². The van der Waals surface area contributed by atoms with E-state index in [0.717, 1.165) is 0 Å². The summed E-state index contributed by atoms with van der Waals surface area (Å²) in [5, 5.41) is 0. The van der Waals surface area contributed by atoms with Gasteiger partial charge in [-0.15, -0.1) is 10.3 Å². The molecule has 0 aliphatic heterocycles. The predicted molar refractivity (Wildman–Crippen MR) is 90.1 cm³/mol. The van der Waals surface area contributed by atoms with Gasteiger partial charge in [0.15, 0.2) is 12.1 Å². The highest BCUT2D eigenvalue weighted by Crippen LogP contribution is 2.53. The second kappa shape index (κ2) is 7.11. The number of hydrogen-bond donors (Lipinski definition) is 0. The average Bonchev–Trinajstić information content (AvgIpc) is 2.37. The lowest BCUT2D eigenvalue weighted by Crippen LogP contribution is -2.26. The van der Waals surface area contributed by atoms with Gasteiger partial charge in [0.1, 0.15) is 12.4 Å². The Kier molecular flexibility index (Phi) is 6.25. The minimum absolute atomic E-state index is 0.0741. The number of ether oxygens (including phenoxy) is 1. The highest BCUT2D eigenvalue weighted by atomic mass is 79.9. The summed E-state index contributed by atoms with van der Waals surface area (Å²) < 4.78 is 25.4. The molecule has 0 atom stereocenters. The summed E-state index contributed by atoms with van der Waals surface area (Å²) in [6, 6.07) is 3.08. The van der Waals surface area contributed by atoms with E-state index in [4.69, 9.17) is 8.92 Å². The standard InChI is InChI=1S/C15H22BrFO3S/c1-15(2,3)21(4,5)20-9-8-19-13-7-6-12(16)14(17)11(13)10-18/h6-7,10H,8-9H2,1-5H3. The molecule has 0 radical (unpaired) electrons. The summed E-state index contributed by atoms with van der Waals surface area (Å²) in [6.45, 7) is 7.08. The van der Waals surface area contributed by atoms with Gasteiger partial charge in [-0.25, -0.2) is 4.39 Å². The largest absolute Gasteiger partial charge is 0.490 e. The van der Waals surface area contributed by atoms with Crippen LogP contribution in [0.2, 0.25) is 0 Å². The molecule has 0 N–H and O–H groups in total. The van der Waals surface area contributed by atoms with Gasteiger partial charge in [-0.2, -0.15) is 0 Å². The molecule has 3 nitrogen and oxygen atoms in total. The van der Waals surface area contributed by atoms with Gasteiger partial charge in [-0.05, 0) is 40.6 Å². The van der Waals surface area contributed by atoms with E-state index in [1.54, 1.807) is 6.07 Å². The van der Waals surface area contributed by atoms with E-state index >= 15 is 0 Å². The smallest absolute Gasteiger partial charge is 0.156 e. The first kappa shape index (κ1) is 18.5. The molecule has 0 aliphatic rings. The number of halogens is 2. The number of carbonyl (C=O) groups is 1. The molecule has 0 unspecified atom stereocenters. The van der Waals surface area contributed by atoms with Crippen molar-refractivity contribution >= 4 is 32.5 Å². The lowest BCUT2D eigenvalue weighted by Gasteiger charge is -2.43. The monoisotopic (exact) mass is 380 g/mol. The predicted octanol–water partition coefficient (Wildman–Crippen LogP) is 4.57. The SMILES string of the molecule is CC(C)(C)S(C)(C)OCCOc1ccc(Br)c(F)c1C=O. The molecule has 0 aromatic heterocycles. The Balaban J connectivity index is 2.62. The van der Waals surface area contributed by atoms with Crippen LogP contribution in [-0.2, 0) is 4.18 Å². The van der Waals surface area contributed by atoms with E-state index in [2.05, 4.69) is 49.2 Å². The van der Waals surface area contributed by atoms with Crippen molar-refractivity contribution in [1.29, 1.82) is 0 Å². The maximum Gasteiger partial charge on any atom is 0.156 e. The molecule has 0 bridgehead atoms. The fourth-order valence-electron chi connectivity index (χ4n) is 1.36. The summed E-state index contributed by atoms with van der Waals surface area (Å²) in [5.74, 6) is -0.373. The third-order valence-electron chi connectivity index (χ3n) is 3.40. The van der Waals surface area contributed by atoms with Gasteiger partial charge >= 0.3 is 0 Å². The first-order chi connectivity index (χ1) is 9.60. The highest BCUT2D eigenvalue weighted by molar-refractivity contribution is 9.10. The zero-order valence-electron chi connectivity index (χ0n) is 13.0. The minimum atomic E-state index is -1.21. The van der Waals surface area contributed by atoms with Gasteiger partial charge in [0.25, 0.3) is 0 Å². The molecule has 0 fully saturated rings. The Morgan fingerprint density at radius 3 is 2.43 bits per heavy atom. The van der Waals surface area contributed by atoms with E-state index < -0.39 is 16.1 Å². The number of aldehydes is 1. The molecule has 1 aromatic rings. The van der Waals surface area contributed by atoms with Crippen molar-refractivity contribution in [2.75, 3.05) is 25.7 Å². The molecular weight excluding hydrogens is 359 g/mol. The zero-order valence-corrected chi connectivity index (χ0v) is 15.4. The normalized spacial score (nSPS) is 13.1. The maximum atomic E-state index is 13.7. The summed E-state index contributed by atoms with van der Waals surface area (Å²) in [4.78, 5) is 11.0. The summed E-state index contributed by atoms with van der Waals surface area (Å²) in [6.07, 6.45) is 4.66. The Morgan fingerprint density at radius 1 is 1.29 bits per heavy atom. The molecule has 0 amide bonds. The fourth-order valence-corrected chi connectivity index (χ4v) is 2.54. The Morgan fingerprint density at radius 2 is 1.90 bits per heavy atom. The van der Waals surface area contributed by atoms with Crippen LogP contribution in [0.1, 0.15) is 31.1 Å². The van der Waals surface area contributed by atoms with E-state index in [0.29, 0.717) is 12.9 Å².